The number of nitrogens with two attached hydrogens (primary N) is 1. The van der Waals surface area contributed by atoms with Crippen LogP contribution in [0.25, 0.3) is 4.48 Å². The summed E-state index contributed by atoms with van der Waals surface area (Å²) < 4.78 is 0.953. The summed E-state index contributed by atoms with van der Waals surface area (Å²) in [5.74, 6) is 0.538. The third kappa shape index (κ3) is 1.00. The molecule has 2 rings (SSSR count). The van der Waals surface area contributed by atoms with Gasteiger partial charge in [0.05, 0.1) is 0 Å². The van der Waals surface area contributed by atoms with Gasteiger partial charge in [0.1, 0.15) is 5.82 Å². The van der Waals surface area contributed by atoms with Crippen LogP contribution in [0.1, 0.15) is 5.56 Å². The molecule has 4 heteroatoms. The first kappa shape index (κ1) is 7.92. The van der Waals surface area contributed by atoms with Gasteiger partial charge >= 0.3 is 0 Å². The summed E-state index contributed by atoms with van der Waals surface area (Å²) in [7, 11) is -0.317. The van der Waals surface area contributed by atoms with E-state index in [0.29, 0.717) is 5.82 Å². The van der Waals surface area contributed by atoms with E-state index in [1.54, 1.807) is 6.20 Å². The number of anilines is 1. The Balaban J connectivity index is 2.80. The van der Waals surface area contributed by atoms with Gasteiger partial charge in [0.2, 0.25) is 0 Å². The van der Waals surface area contributed by atoms with E-state index in [-0.39, 0.29) is 10.3 Å². The summed E-state index contributed by atoms with van der Waals surface area (Å²) in [4.78, 5) is 5.06. The highest BCUT2D eigenvalue weighted by Gasteiger charge is 2.08. The van der Waals surface area contributed by atoms with Crippen molar-refractivity contribution in [3.05, 3.63) is 23.2 Å². The molecule has 0 atom stereocenters. The zero-order chi connectivity index (χ0) is 8.72. The lowest BCUT2D eigenvalue weighted by Crippen LogP contribution is -1.95. The van der Waals surface area contributed by atoms with Crippen molar-refractivity contribution in [2.45, 2.75) is 4.90 Å². The molecular weight excluding hydrogens is 236 g/mol. The van der Waals surface area contributed by atoms with E-state index in [1.165, 1.54) is 0 Å². The quantitative estimate of drug-likeness (QED) is 0.706. The van der Waals surface area contributed by atoms with E-state index < -0.39 is 0 Å². The van der Waals surface area contributed by atoms with E-state index >= 15 is 0 Å². The molecular formula is C8H6BrN2S-. The number of fused-ring (bicyclic) bond motifs is 1. The lowest BCUT2D eigenvalue weighted by Gasteiger charge is -2.10. The molecule has 0 bridgehead atoms. The Morgan fingerprint density at radius 2 is 2.33 bits per heavy atom. The molecule has 2 heterocycles. The van der Waals surface area contributed by atoms with E-state index in [2.05, 4.69) is 20.9 Å². The number of halogens is 1. The van der Waals surface area contributed by atoms with E-state index in [4.69, 9.17) is 11.4 Å². The molecule has 0 radical (unpaired) electrons. The van der Waals surface area contributed by atoms with Crippen LogP contribution in [-0.2, 0) is 10.3 Å². The first-order valence-corrected chi connectivity index (χ1v) is 5.44. The van der Waals surface area contributed by atoms with Gasteiger partial charge < -0.3 is 21.7 Å². The van der Waals surface area contributed by atoms with Crippen LogP contribution in [-0.4, -0.2) is 4.98 Å². The summed E-state index contributed by atoms with van der Waals surface area (Å²) in [5.41, 5.74) is 12.5. The summed E-state index contributed by atoms with van der Waals surface area (Å²) >= 11 is 3.40. The van der Waals surface area contributed by atoms with Crippen LogP contribution in [0.15, 0.2) is 22.6 Å². The van der Waals surface area contributed by atoms with Gasteiger partial charge in [0.15, 0.2) is 0 Å². The third-order valence-corrected chi connectivity index (χ3v) is 3.93. The fourth-order valence-corrected chi connectivity index (χ4v) is 3.42. The maximum atomic E-state index is 5.84. The molecule has 1 aliphatic heterocycles. The number of pyridine rings is 1. The minimum Gasteiger partial charge on any atom is -0.407 e. The Kier molecular flexibility index (Phi) is 1.76. The van der Waals surface area contributed by atoms with Gasteiger partial charge in [-0.05, 0) is 0 Å². The molecule has 0 aromatic carbocycles. The van der Waals surface area contributed by atoms with Gasteiger partial charge in [-0.25, -0.2) is 4.98 Å². The molecule has 0 unspecified atom stereocenters. The number of nitrogen functional groups attached to an aromatic ring is 1. The van der Waals surface area contributed by atoms with E-state index in [9.17, 15) is 0 Å². The van der Waals surface area contributed by atoms with Gasteiger partial charge in [-0.15, -0.1) is 4.90 Å². The summed E-state index contributed by atoms with van der Waals surface area (Å²) in [6.45, 7) is 0. The molecule has 0 amide bonds. The second-order valence-corrected chi connectivity index (χ2v) is 4.68. The molecule has 62 valence electrons. The highest BCUT2D eigenvalue weighted by Crippen LogP contribution is 2.36. The number of aromatic nitrogens is 1. The second kappa shape index (κ2) is 2.66. The number of hydrogen-bond donors (Lipinski definition) is 1. The highest BCUT2D eigenvalue weighted by atomic mass is 79.9. The molecule has 12 heavy (non-hydrogen) atoms. The van der Waals surface area contributed by atoms with Crippen LogP contribution in [0.3, 0.4) is 0 Å². The molecule has 1 aromatic heterocycles. The third-order valence-electron chi connectivity index (χ3n) is 1.67. The highest BCUT2D eigenvalue weighted by molar-refractivity contribution is 9.15. The van der Waals surface area contributed by atoms with Crippen LogP contribution < -0.4 is 5.73 Å². The van der Waals surface area contributed by atoms with Crippen molar-refractivity contribution < 1.29 is 0 Å². The largest absolute Gasteiger partial charge is 0.407 e. The van der Waals surface area contributed by atoms with Crippen molar-refractivity contribution in [3.63, 3.8) is 0 Å². The zero-order valence-electron chi connectivity index (χ0n) is 6.12. The Hall–Kier alpha value is -0.700. The fourth-order valence-electron chi connectivity index (χ4n) is 1.13. The second-order valence-electron chi connectivity index (χ2n) is 2.41. The van der Waals surface area contributed by atoms with Crippen molar-refractivity contribution >= 4 is 36.5 Å². The van der Waals surface area contributed by atoms with Crippen molar-refractivity contribution in [1.82, 2.24) is 4.98 Å². The monoisotopic (exact) mass is 241 g/mol. The summed E-state index contributed by atoms with van der Waals surface area (Å²) in [6, 6.07) is 1.90. The maximum Gasteiger partial charge on any atom is 0.130 e. The van der Waals surface area contributed by atoms with Gasteiger partial charge in [0, 0.05) is 16.2 Å². The number of rotatable bonds is 0. The van der Waals surface area contributed by atoms with Crippen molar-refractivity contribution in [2.75, 3.05) is 5.73 Å². The van der Waals surface area contributed by atoms with Crippen molar-refractivity contribution in [1.29, 1.82) is 0 Å². The van der Waals surface area contributed by atoms with Crippen molar-refractivity contribution in [3.8, 4) is 5.69 Å². The molecule has 0 fully saturated rings. The lowest BCUT2D eigenvalue weighted by atomic mass is 10.2. The zero-order valence-corrected chi connectivity index (χ0v) is 8.52. The normalized spacial score (nSPS) is 15.8. The van der Waals surface area contributed by atoms with Crippen molar-refractivity contribution in [2.24, 2.45) is 0 Å². The Labute approximate surface area is 81.2 Å². The molecule has 0 spiro atoms. The molecule has 1 aliphatic rings. The Bertz CT molecular complexity index is 442. The predicted molar refractivity (Wildman–Crippen MR) is 56.1 cm³/mol. The van der Waals surface area contributed by atoms with E-state index in [1.807, 2.05) is 11.5 Å². The summed E-state index contributed by atoms with van der Waals surface area (Å²) in [5, 5.41) is 1.95. The maximum absolute atomic E-state index is 5.84. The molecule has 1 aromatic rings. The van der Waals surface area contributed by atoms with Crippen LogP contribution in [0.5, 0.6) is 0 Å². The lowest BCUT2D eigenvalue weighted by molar-refractivity contribution is 1.26. The molecule has 2 nitrogen and oxygen atoms in total. The van der Waals surface area contributed by atoms with Gasteiger partial charge in [-0.2, -0.15) is 5.41 Å². The van der Waals surface area contributed by atoms with Crippen LogP contribution in [0.2, 0.25) is 0 Å². The van der Waals surface area contributed by atoms with E-state index in [0.717, 1.165) is 14.9 Å². The van der Waals surface area contributed by atoms with Gasteiger partial charge in [-0.3, -0.25) is 0 Å². The topological polar surface area (TPSA) is 38.9 Å². The van der Waals surface area contributed by atoms with Gasteiger partial charge in [-0.1, -0.05) is 22.0 Å². The molecule has 0 aliphatic carbocycles. The SMILES string of the molecule is C#[S-]1C=C(Br)c2c1ccnc2N. The minimum absolute atomic E-state index is 0.317. The Morgan fingerprint density at radius 3 is 3.00 bits per heavy atom. The first-order chi connectivity index (χ1) is 5.70. The smallest absolute Gasteiger partial charge is 0.130 e. The first-order valence-electron chi connectivity index (χ1n) is 3.30. The number of nitrogens with zero attached hydrogens (tertiary/aromatic N) is 1. The molecule has 0 saturated heterocycles. The Morgan fingerprint density at radius 1 is 1.58 bits per heavy atom. The van der Waals surface area contributed by atoms with Crippen LogP contribution >= 0.6 is 15.9 Å². The molecule has 0 saturated carbocycles. The average molecular weight is 242 g/mol. The number of hydrogen-bond acceptors (Lipinski definition) is 3. The standard InChI is InChI=1S/C8H6BrN2S/c1-12-4-5(9)7-6(12)2-3-11-8(7)10/h1-4H,(H2,10,11)/q-1. The van der Waals surface area contributed by atoms with Crippen LogP contribution in [0.4, 0.5) is 5.82 Å². The average Bonchev–Trinajstić information content (AvgIpc) is 2.29. The minimum atomic E-state index is -0.317. The fraction of sp³-hybridized carbons (Fsp3) is 0. The predicted octanol–water partition coefficient (Wildman–Crippen LogP) is 1.94. The van der Waals surface area contributed by atoms with Crippen LogP contribution in [0, 0.1) is 5.69 Å². The summed E-state index contributed by atoms with van der Waals surface area (Å²) in [6.07, 6.45) is 1.68. The molecule has 2 N–H and O–H groups in total. The van der Waals surface area contributed by atoms with Gasteiger partial charge in [0.25, 0.3) is 0 Å².